The number of hydrogen-bond acceptors (Lipinski definition) is 2. The summed E-state index contributed by atoms with van der Waals surface area (Å²) in [6, 6.07) is 6.72. The number of benzene rings is 1. The fraction of sp³-hybridized carbons (Fsp3) is 0. The van der Waals surface area contributed by atoms with Crippen LogP contribution in [0.4, 0.5) is 8.78 Å². The standard InChI is InChI=1S/C11H6ClF2NO/c12-7-5-9(14)11(15-6-7)16-10-4-2-1-3-8(10)13/h1-6H. The molecule has 0 bridgehead atoms. The summed E-state index contributed by atoms with van der Waals surface area (Å²) in [5, 5.41) is 0.151. The van der Waals surface area contributed by atoms with E-state index in [9.17, 15) is 8.78 Å². The Morgan fingerprint density at radius 3 is 2.56 bits per heavy atom. The molecule has 0 N–H and O–H groups in total. The summed E-state index contributed by atoms with van der Waals surface area (Å²) in [7, 11) is 0. The number of para-hydroxylation sites is 1. The lowest BCUT2D eigenvalue weighted by Gasteiger charge is -2.06. The van der Waals surface area contributed by atoms with Crippen molar-refractivity contribution in [3.05, 3.63) is 53.2 Å². The Morgan fingerprint density at radius 2 is 1.88 bits per heavy atom. The second kappa shape index (κ2) is 4.45. The fourth-order valence-corrected chi connectivity index (χ4v) is 1.25. The Morgan fingerprint density at radius 1 is 1.12 bits per heavy atom. The fourth-order valence-electron chi connectivity index (χ4n) is 1.11. The molecule has 16 heavy (non-hydrogen) atoms. The average molecular weight is 242 g/mol. The van der Waals surface area contributed by atoms with Gasteiger partial charge in [0, 0.05) is 6.20 Å². The Balaban J connectivity index is 2.31. The van der Waals surface area contributed by atoms with E-state index in [0.29, 0.717) is 0 Å². The maximum atomic E-state index is 13.3. The molecule has 0 atom stereocenters. The van der Waals surface area contributed by atoms with E-state index in [1.54, 1.807) is 6.07 Å². The predicted octanol–water partition coefficient (Wildman–Crippen LogP) is 3.81. The summed E-state index contributed by atoms with van der Waals surface area (Å²) in [5.74, 6) is -1.72. The molecular formula is C11H6ClF2NO. The van der Waals surface area contributed by atoms with Gasteiger partial charge in [-0.25, -0.2) is 13.8 Å². The van der Waals surface area contributed by atoms with Crippen LogP contribution in [-0.2, 0) is 0 Å². The predicted molar refractivity (Wildman–Crippen MR) is 55.7 cm³/mol. The molecule has 82 valence electrons. The van der Waals surface area contributed by atoms with Gasteiger partial charge in [-0.1, -0.05) is 23.7 Å². The second-order valence-corrected chi connectivity index (χ2v) is 3.41. The molecule has 0 aliphatic rings. The molecule has 1 heterocycles. The number of rotatable bonds is 2. The van der Waals surface area contributed by atoms with Crippen LogP contribution in [0.1, 0.15) is 0 Å². The molecule has 2 rings (SSSR count). The van der Waals surface area contributed by atoms with Gasteiger partial charge in [0.1, 0.15) is 0 Å². The van der Waals surface area contributed by atoms with Crippen LogP contribution in [-0.4, -0.2) is 4.98 Å². The molecular weight excluding hydrogens is 236 g/mol. The normalized spacial score (nSPS) is 10.2. The van der Waals surface area contributed by atoms with Crippen LogP contribution >= 0.6 is 11.6 Å². The quantitative estimate of drug-likeness (QED) is 0.798. The van der Waals surface area contributed by atoms with E-state index < -0.39 is 11.6 Å². The highest BCUT2D eigenvalue weighted by molar-refractivity contribution is 6.30. The highest BCUT2D eigenvalue weighted by Gasteiger charge is 2.09. The molecule has 0 spiro atoms. The maximum absolute atomic E-state index is 13.3. The molecule has 0 unspecified atom stereocenters. The summed E-state index contributed by atoms with van der Waals surface area (Å²) in [6.07, 6.45) is 1.22. The molecule has 2 nitrogen and oxygen atoms in total. The minimum atomic E-state index is -0.740. The highest BCUT2D eigenvalue weighted by atomic mass is 35.5. The van der Waals surface area contributed by atoms with E-state index >= 15 is 0 Å². The van der Waals surface area contributed by atoms with Gasteiger partial charge < -0.3 is 4.74 Å². The van der Waals surface area contributed by atoms with Gasteiger partial charge in [0.15, 0.2) is 17.4 Å². The van der Waals surface area contributed by atoms with Gasteiger partial charge in [-0.05, 0) is 18.2 Å². The monoisotopic (exact) mass is 241 g/mol. The van der Waals surface area contributed by atoms with Crippen molar-refractivity contribution in [3.8, 4) is 11.6 Å². The summed E-state index contributed by atoms with van der Waals surface area (Å²) in [4.78, 5) is 3.62. The van der Waals surface area contributed by atoms with Crippen molar-refractivity contribution >= 4 is 11.6 Å². The highest BCUT2D eigenvalue weighted by Crippen LogP contribution is 2.25. The zero-order valence-electron chi connectivity index (χ0n) is 7.95. The van der Waals surface area contributed by atoms with Crippen LogP contribution in [0.25, 0.3) is 0 Å². The first-order valence-corrected chi connectivity index (χ1v) is 4.78. The van der Waals surface area contributed by atoms with Crippen molar-refractivity contribution < 1.29 is 13.5 Å². The van der Waals surface area contributed by atoms with Crippen molar-refractivity contribution in [1.82, 2.24) is 4.98 Å². The lowest BCUT2D eigenvalue weighted by molar-refractivity contribution is 0.398. The molecule has 0 radical (unpaired) electrons. The molecule has 0 saturated carbocycles. The van der Waals surface area contributed by atoms with Crippen LogP contribution < -0.4 is 4.74 Å². The first-order chi connectivity index (χ1) is 7.66. The van der Waals surface area contributed by atoms with Gasteiger partial charge in [0.25, 0.3) is 5.88 Å². The van der Waals surface area contributed by atoms with E-state index in [0.717, 1.165) is 6.07 Å². The summed E-state index contributed by atoms with van der Waals surface area (Å²) >= 11 is 5.52. The molecule has 1 aromatic carbocycles. The maximum Gasteiger partial charge on any atom is 0.256 e. The smallest absolute Gasteiger partial charge is 0.256 e. The Labute approximate surface area is 95.5 Å². The van der Waals surface area contributed by atoms with Gasteiger partial charge in [0.05, 0.1) is 5.02 Å². The molecule has 5 heteroatoms. The zero-order chi connectivity index (χ0) is 11.5. The van der Waals surface area contributed by atoms with Crippen LogP contribution in [0.3, 0.4) is 0 Å². The van der Waals surface area contributed by atoms with Gasteiger partial charge >= 0.3 is 0 Å². The van der Waals surface area contributed by atoms with E-state index in [1.807, 2.05) is 0 Å². The second-order valence-electron chi connectivity index (χ2n) is 2.97. The van der Waals surface area contributed by atoms with E-state index in [-0.39, 0.29) is 16.7 Å². The largest absolute Gasteiger partial charge is 0.433 e. The summed E-state index contributed by atoms with van der Waals surface area (Å²) in [6.45, 7) is 0. The lowest BCUT2D eigenvalue weighted by Crippen LogP contribution is -1.93. The molecule has 1 aromatic heterocycles. The molecule has 0 fully saturated rings. The van der Waals surface area contributed by atoms with Crippen LogP contribution in [0.5, 0.6) is 11.6 Å². The van der Waals surface area contributed by atoms with Gasteiger partial charge in [-0.3, -0.25) is 0 Å². The minimum Gasteiger partial charge on any atom is -0.433 e. The van der Waals surface area contributed by atoms with Gasteiger partial charge in [-0.15, -0.1) is 0 Å². The molecule has 0 aliphatic carbocycles. The third-order valence-corrected chi connectivity index (χ3v) is 2.02. The third kappa shape index (κ3) is 2.28. The Bertz CT molecular complexity index is 519. The van der Waals surface area contributed by atoms with Crippen molar-refractivity contribution in [3.63, 3.8) is 0 Å². The van der Waals surface area contributed by atoms with E-state index in [2.05, 4.69) is 4.98 Å². The third-order valence-electron chi connectivity index (χ3n) is 1.82. The summed E-state index contributed by atoms with van der Waals surface area (Å²) in [5.41, 5.74) is 0. The minimum absolute atomic E-state index is 0.0868. The van der Waals surface area contributed by atoms with Crippen molar-refractivity contribution in [2.45, 2.75) is 0 Å². The van der Waals surface area contributed by atoms with Crippen LogP contribution in [0, 0.1) is 11.6 Å². The number of pyridine rings is 1. The molecule has 0 aliphatic heterocycles. The number of hydrogen-bond donors (Lipinski definition) is 0. The van der Waals surface area contributed by atoms with Crippen LogP contribution in [0.2, 0.25) is 5.02 Å². The number of halogens is 3. The number of aromatic nitrogens is 1. The van der Waals surface area contributed by atoms with Crippen molar-refractivity contribution in [2.24, 2.45) is 0 Å². The average Bonchev–Trinajstić information content (AvgIpc) is 2.25. The van der Waals surface area contributed by atoms with E-state index in [1.165, 1.54) is 24.4 Å². The SMILES string of the molecule is Fc1ccccc1Oc1ncc(Cl)cc1F. The Hall–Kier alpha value is -1.68. The van der Waals surface area contributed by atoms with E-state index in [4.69, 9.17) is 16.3 Å². The van der Waals surface area contributed by atoms with Crippen molar-refractivity contribution in [2.75, 3.05) is 0 Å². The number of nitrogens with zero attached hydrogens (tertiary/aromatic N) is 1. The van der Waals surface area contributed by atoms with Crippen molar-refractivity contribution in [1.29, 1.82) is 0 Å². The van der Waals surface area contributed by atoms with Gasteiger partial charge in [0.2, 0.25) is 0 Å². The lowest BCUT2D eigenvalue weighted by atomic mass is 10.3. The number of ether oxygens (including phenoxy) is 1. The first kappa shape index (κ1) is 10.8. The first-order valence-electron chi connectivity index (χ1n) is 4.40. The summed E-state index contributed by atoms with van der Waals surface area (Å²) < 4.78 is 31.4. The molecule has 0 amide bonds. The Kier molecular flexibility index (Phi) is 3.01. The zero-order valence-corrected chi connectivity index (χ0v) is 8.71. The van der Waals surface area contributed by atoms with Crippen LogP contribution in [0.15, 0.2) is 36.5 Å². The molecule has 0 saturated heterocycles. The topological polar surface area (TPSA) is 22.1 Å². The molecule has 2 aromatic rings. The van der Waals surface area contributed by atoms with Gasteiger partial charge in [-0.2, -0.15) is 0 Å².